The Labute approximate surface area is 131 Å². The molecule has 0 bridgehead atoms. The molecule has 3 rings (SSSR count). The maximum atomic E-state index is 12.0. The minimum Gasteiger partial charge on any atom is -0.507 e. The number of para-hydroxylation sites is 1. The normalized spacial score (nSPS) is 10.8. The van der Waals surface area contributed by atoms with E-state index in [9.17, 15) is 9.90 Å². The van der Waals surface area contributed by atoms with Crippen LogP contribution in [0.5, 0.6) is 5.75 Å². The summed E-state index contributed by atoms with van der Waals surface area (Å²) in [5, 5.41) is 21.3. The van der Waals surface area contributed by atoms with Crippen LogP contribution in [-0.4, -0.2) is 26.5 Å². The van der Waals surface area contributed by atoms with Crippen molar-refractivity contribution in [2.75, 3.05) is 5.43 Å². The Morgan fingerprint density at radius 3 is 2.52 bits per heavy atom. The van der Waals surface area contributed by atoms with Gasteiger partial charge in [-0.15, -0.1) is 10.2 Å². The predicted molar refractivity (Wildman–Crippen MR) is 87.4 cm³/mol. The molecule has 23 heavy (non-hydrogen) atoms. The molecule has 0 radical (unpaired) electrons. The van der Waals surface area contributed by atoms with Crippen LogP contribution in [0.3, 0.4) is 0 Å². The Morgan fingerprint density at radius 2 is 1.78 bits per heavy atom. The third-order valence-corrected chi connectivity index (χ3v) is 3.06. The average Bonchev–Trinajstić information content (AvgIpc) is 2.57. The summed E-state index contributed by atoms with van der Waals surface area (Å²) in [6, 6.07) is 15.8. The van der Waals surface area contributed by atoms with Gasteiger partial charge in [0.1, 0.15) is 5.75 Å². The molecular formula is C16H13N5O2. The van der Waals surface area contributed by atoms with Crippen LogP contribution < -0.4 is 11.0 Å². The van der Waals surface area contributed by atoms with Gasteiger partial charge in [-0.2, -0.15) is 5.10 Å². The molecule has 0 aliphatic heterocycles. The van der Waals surface area contributed by atoms with Crippen LogP contribution in [0.15, 0.2) is 64.5 Å². The molecule has 1 heterocycles. The zero-order valence-electron chi connectivity index (χ0n) is 12.0. The number of benzene rings is 2. The summed E-state index contributed by atoms with van der Waals surface area (Å²) in [6.07, 6.45) is 1.42. The zero-order valence-corrected chi connectivity index (χ0v) is 12.0. The molecule has 3 aromatic rings. The number of aromatic hydroxyl groups is 1. The lowest BCUT2D eigenvalue weighted by Crippen LogP contribution is -2.15. The van der Waals surface area contributed by atoms with Crippen molar-refractivity contribution in [2.24, 2.45) is 5.10 Å². The molecule has 0 aliphatic carbocycles. The lowest BCUT2D eigenvalue weighted by molar-refractivity contribution is 0.474. The first-order valence-electron chi connectivity index (χ1n) is 6.83. The SMILES string of the molecule is O=c1[nH]c(N/N=C\c2ccccc2O)nnc1-c1ccccc1. The van der Waals surface area contributed by atoms with Gasteiger partial charge in [-0.25, -0.2) is 5.43 Å². The maximum Gasteiger partial charge on any atom is 0.279 e. The second-order valence-electron chi connectivity index (χ2n) is 4.65. The standard InChI is InChI=1S/C16H13N5O2/c22-13-9-5-4-8-12(13)10-17-20-16-18-15(23)14(19-21-16)11-6-2-1-3-7-11/h1-10,22H,(H2,18,20,21,23)/b17-10-. The fourth-order valence-corrected chi connectivity index (χ4v) is 1.93. The molecular weight excluding hydrogens is 294 g/mol. The minimum atomic E-state index is -0.369. The van der Waals surface area contributed by atoms with Gasteiger partial charge in [0.2, 0.25) is 5.95 Å². The van der Waals surface area contributed by atoms with Crippen molar-refractivity contribution in [1.29, 1.82) is 0 Å². The second-order valence-corrected chi connectivity index (χ2v) is 4.65. The summed E-state index contributed by atoms with van der Waals surface area (Å²) >= 11 is 0. The van der Waals surface area contributed by atoms with Crippen molar-refractivity contribution in [1.82, 2.24) is 15.2 Å². The summed E-state index contributed by atoms with van der Waals surface area (Å²) in [7, 11) is 0. The number of H-pyrrole nitrogens is 1. The molecule has 0 amide bonds. The van der Waals surface area contributed by atoms with Crippen LogP contribution >= 0.6 is 0 Å². The summed E-state index contributed by atoms with van der Waals surface area (Å²) in [4.78, 5) is 14.6. The highest BCUT2D eigenvalue weighted by Gasteiger charge is 2.06. The lowest BCUT2D eigenvalue weighted by atomic mass is 10.2. The van der Waals surface area contributed by atoms with Crippen LogP contribution in [0.2, 0.25) is 0 Å². The van der Waals surface area contributed by atoms with E-state index in [1.165, 1.54) is 6.21 Å². The largest absolute Gasteiger partial charge is 0.507 e. The van der Waals surface area contributed by atoms with E-state index in [4.69, 9.17) is 0 Å². The molecule has 114 valence electrons. The van der Waals surface area contributed by atoms with Crippen molar-refractivity contribution in [3.8, 4) is 17.0 Å². The van der Waals surface area contributed by atoms with E-state index in [-0.39, 0.29) is 23.0 Å². The first-order chi connectivity index (χ1) is 11.2. The second kappa shape index (κ2) is 6.52. The highest BCUT2D eigenvalue weighted by molar-refractivity contribution is 5.83. The minimum absolute atomic E-state index is 0.108. The number of nitrogens with zero attached hydrogens (tertiary/aromatic N) is 3. The summed E-state index contributed by atoms with van der Waals surface area (Å²) in [5.41, 5.74) is 3.66. The fourth-order valence-electron chi connectivity index (χ4n) is 1.93. The Bertz CT molecular complexity index is 890. The average molecular weight is 307 g/mol. The van der Waals surface area contributed by atoms with Gasteiger partial charge in [0.05, 0.1) is 6.21 Å². The zero-order chi connectivity index (χ0) is 16.1. The Hall–Kier alpha value is -3.48. The van der Waals surface area contributed by atoms with Crippen LogP contribution in [0.25, 0.3) is 11.3 Å². The number of phenolic OH excluding ortho intramolecular Hbond substituents is 1. The molecule has 0 spiro atoms. The van der Waals surface area contributed by atoms with Gasteiger partial charge in [0, 0.05) is 11.1 Å². The van der Waals surface area contributed by atoms with Gasteiger partial charge >= 0.3 is 0 Å². The number of aromatic nitrogens is 3. The molecule has 0 fully saturated rings. The smallest absolute Gasteiger partial charge is 0.279 e. The van der Waals surface area contributed by atoms with E-state index in [2.05, 4.69) is 25.7 Å². The van der Waals surface area contributed by atoms with Crippen LogP contribution in [-0.2, 0) is 0 Å². The number of phenols is 1. The Kier molecular flexibility index (Phi) is 4.10. The summed E-state index contributed by atoms with van der Waals surface area (Å²) < 4.78 is 0. The number of hydrogen-bond acceptors (Lipinski definition) is 6. The topological polar surface area (TPSA) is 103 Å². The number of anilines is 1. The number of rotatable bonds is 4. The fraction of sp³-hybridized carbons (Fsp3) is 0. The summed E-state index contributed by atoms with van der Waals surface area (Å²) in [5.74, 6) is 0.221. The highest BCUT2D eigenvalue weighted by atomic mass is 16.3. The first-order valence-corrected chi connectivity index (χ1v) is 6.83. The van der Waals surface area contributed by atoms with E-state index in [0.717, 1.165) is 0 Å². The third kappa shape index (κ3) is 3.41. The van der Waals surface area contributed by atoms with E-state index in [1.54, 1.807) is 36.4 Å². The molecule has 0 atom stereocenters. The van der Waals surface area contributed by atoms with Crippen molar-refractivity contribution >= 4 is 12.2 Å². The number of nitrogens with one attached hydrogen (secondary N) is 2. The predicted octanol–water partition coefficient (Wildman–Crippen LogP) is 1.98. The Morgan fingerprint density at radius 1 is 1.04 bits per heavy atom. The molecule has 3 N–H and O–H groups in total. The van der Waals surface area contributed by atoms with Gasteiger partial charge in [-0.1, -0.05) is 42.5 Å². The van der Waals surface area contributed by atoms with Crippen LogP contribution in [0.1, 0.15) is 5.56 Å². The molecule has 1 aromatic heterocycles. The quantitative estimate of drug-likeness (QED) is 0.505. The van der Waals surface area contributed by atoms with Gasteiger partial charge < -0.3 is 5.11 Å². The number of hydrogen-bond donors (Lipinski definition) is 3. The van der Waals surface area contributed by atoms with Crippen molar-refractivity contribution in [3.05, 3.63) is 70.5 Å². The van der Waals surface area contributed by atoms with E-state index in [1.807, 2.05) is 18.2 Å². The van der Waals surface area contributed by atoms with Gasteiger partial charge in [0.25, 0.3) is 5.56 Å². The summed E-state index contributed by atoms with van der Waals surface area (Å²) in [6.45, 7) is 0. The third-order valence-electron chi connectivity index (χ3n) is 3.06. The van der Waals surface area contributed by atoms with E-state index >= 15 is 0 Å². The molecule has 0 saturated heterocycles. The van der Waals surface area contributed by atoms with E-state index in [0.29, 0.717) is 11.1 Å². The first kappa shape index (κ1) is 14.5. The number of aromatic amines is 1. The highest BCUT2D eigenvalue weighted by Crippen LogP contribution is 2.13. The molecule has 0 aliphatic rings. The molecule has 0 unspecified atom stereocenters. The van der Waals surface area contributed by atoms with Crippen molar-refractivity contribution in [2.45, 2.75) is 0 Å². The maximum absolute atomic E-state index is 12.0. The van der Waals surface area contributed by atoms with E-state index < -0.39 is 0 Å². The van der Waals surface area contributed by atoms with Gasteiger partial charge in [-0.3, -0.25) is 9.78 Å². The van der Waals surface area contributed by atoms with Gasteiger partial charge in [-0.05, 0) is 12.1 Å². The van der Waals surface area contributed by atoms with Gasteiger partial charge in [0.15, 0.2) is 5.69 Å². The van der Waals surface area contributed by atoms with Crippen LogP contribution in [0.4, 0.5) is 5.95 Å². The number of hydrazone groups is 1. The molecule has 0 saturated carbocycles. The van der Waals surface area contributed by atoms with Crippen LogP contribution in [0, 0.1) is 0 Å². The molecule has 7 heteroatoms. The van der Waals surface area contributed by atoms with Crippen molar-refractivity contribution < 1.29 is 5.11 Å². The lowest BCUT2D eigenvalue weighted by Gasteiger charge is -2.01. The monoisotopic (exact) mass is 307 g/mol. The van der Waals surface area contributed by atoms with Crippen molar-refractivity contribution in [3.63, 3.8) is 0 Å². The molecule has 7 nitrogen and oxygen atoms in total. The Balaban J connectivity index is 1.77. The molecule has 2 aromatic carbocycles.